The van der Waals surface area contributed by atoms with Gasteiger partial charge in [0.2, 0.25) is 0 Å². The van der Waals surface area contributed by atoms with E-state index in [0.717, 1.165) is 0 Å². The number of carbonyl (C=O) groups excluding carboxylic acids is 1. The zero-order chi connectivity index (χ0) is 14.6. The Bertz CT molecular complexity index is 441. The number of carbonyl (C=O) groups is 1. The normalized spacial score (nSPS) is 12.6. The summed E-state index contributed by atoms with van der Waals surface area (Å²) in [6, 6.07) is 0.683. The minimum absolute atomic E-state index is 0.325. The van der Waals surface area contributed by atoms with E-state index in [1.54, 1.807) is 6.92 Å². The highest BCUT2D eigenvalue weighted by atomic mass is 19.2. The number of halogens is 3. The lowest BCUT2D eigenvalue weighted by molar-refractivity contribution is -0.117. The number of methoxy groups -OCH3 is 2. The van der Waals surface area contributed by atoms with Gasteiger partial charge in [-0.1, -0.05) is 0 Å². The molecule has 1 aromatic carbocycles. The molecular formula is C12H14F3NO3. The summed E-state index contributed by atoms with van der Waals surface area (Å²) in [5, 5.41) is 2.43. The van der Waals surface area contributed by atoms with Crippen molar-refractivity contribution < 1.29 is 27.4 Å². The first kappa shape index (κ1) is 15.5. The molecule has 0 aliphatic carbocycles. The van der Waals surface area contributed by atoms with E-state index >= 15 is 0 Å². The highest BCUT2D eigenvalue weighted by molar-refractivity contribution is 5.94. The number of ether oxygens (including phenoxy) is 2. The average Bonchev–Trinajstić information content (AvgIpc) is 2.36. The molecule has 1 aromatic rings. The molecule has 1 rings (SSSR count). The molecule has 1 N–H and O–H groups in total. The summed E-state index contributed by atoms with van der Waals surface area (Å²) in [6.07, 6.45) is -0.709. The topological polar surface area (TPSA) is 47.6 Å². The van der Waals surface area contributed by atoms with Crippen LogP contribution < -0.4 is 5.32 Å². The third-order valence-corrected chi connectivity index (χ3v) is 2.48. The maximum absolute atomic E-state index is 13.0. The van der Waals surface area contributed by atoms with Crippen molar-refractivity contribution in [1.29, 1.82) is 0 Å². The lowest BCUT2D eigenvalue weighted by Gasteiger charge is -2.22. The van der Waals surface area contributed by atoms with Crippen LogP contribution >= 0.6 is 0 Å². The number of hydrogen-bond donors (Lipinski definition) is 1. The molecule has 7 heteroatoms. The molecule has 0 bridgehead atoms. The van der Waals surface area contributed by atoms with Gasteiger partial charge >= 0.3 is 0 Å². The number of rotatable bonds is 5. The molecular weight excluding hydrogens is 263 g/mol. The summed E-state index contributed by atoms with van der Waals surface area (Å²) in [7, 11) is 2.77. The maximum Gasteiger partial charge on any atom is 0.251 e. The standard InChI is InChI=1S/C12H14F3NO3/c1-6(12(18-2)19-3)16-11(17)7-4-8(13)10(15)9(14)5-7/h4-6,12H,1-3H3,(H,16,17). The number of benzene rings is 1. The van der Waals surface area contributed by atoms with E-state index in [4.69, 9.17) is 9.47 Å². The van der Waals surface area contributed by atoms with Gasteiger partial charge in [0, 0.05) is 19.8 Å². The number of nitrogens with one attached hydrogen (secondary N) is 1. The van der Waals surface area contributed by atoms with Gasteiger partial charge in [-0.05, 0) is 19.1 Å². The number of amides is 1. The summed E-state index contributed by atoms with van der Waals surface area (Å²) >= 11 is 0. The molecule has 0 heterocycles. The summed E-state index contributed by atoms with van der Waals surface area (Å²) in [5.41, 5.74) is -0.325. The molecule has 106 valence electrons. The van der Waals surface area contributed by atoms with Crippen LogP contribution in [0.1, 0.15) is 17.3 Å². The Hall–Kier alpha value is -1.60. The van der Waals surface area contributed by atoms with E-state index in [9.17, 15) is 18.0 Å². The average molecular weight is 277 g/mol. The van der Waals surface area contributed by atoms with E-state index in [1.807, 2.05) is 0 Å². The van der Waals surface area contributed by atoms with Crippen LogP contribution in [0.15, 0.2) is 12.1 Å². The van der Waals surface area contributed by atoms with Crippen LogP contribution in [0.5, 0.6) is 0 Å². The highest BCUT2D eigenvalue weighted by Gasteiger charge is 2.20. The molecule has 0 aliphatic rings. The summed E-state index contributed by atoms with van der Waals surface area (Å²) in [5.74, 6) is -5.22. The first-order valence-corrected chi connectivity index (χ1v) is 5.41. The monoisotopic (exact) mass is 277 g/mol. The Kier molecular flexibility index (Phi) is 5.31. The van der Waals surface area contributed by atoms with Gasteiger partial charge in [-0.15, -0.1) is 0 Å². The minimum atomic E-state index is -1.61. The molecule has 0 fully saturated rings. The van der Waals surface area contributed by atoms with Gasteiger partial charge in [0.25, 0.3) is 5.91 Å². The SMILES string of the molecule is COC(OC)C(C)NC(=O)c1cc(F)c(F)c(F)c1. The minimum Gasteiger partial charge on any atom is -0.354 e. The van der Waals surface area contributed by atoms with Crippen molar-refractivity contribution in [3.05, 3.63) is 35.1 Å². The quantitative estimate of drug-likeness (QED) is 0.660. The van der Waals surface area contributed by atoms with Crippen LogP contribution in [0.2, 0.25) is 0 Å². The predicted octanol–water partition coefficient (Wildman–Crippen LogP) is 1.84. The fraction of sp³-hybridized carbons (Fsp3) is 0.417. The van der Waals surface area contributed by atoms with E-state index in [0.29, 0.717) is 12.1 Å². The molecule has 1 atom stereocenters. The maximum atomic E-state index is 13.0. The molecule has 1 amide bonds. The molecule has 1 unspecified atom stereocenters. The molecule has 0 saturated heterocycles. The molecule has 0 spiro atoms. The van der Waals surface area contributed by atoms with Gasteiger partial charge in [-0.25, -0.2) is 13.2 Å². The summed E-state index contributed by atoms with van der Waals surface area (Å²) < 4.78 is 48.6. The lowest BCUT2D eigenvalue weighted by Crippen LogP contribution is -2.43. The largest absolute Gasteiger partial charge is 0.354 e. The molecule has 0 aliphatic heterocycles. The van der Waals surface area contributed by atoms with Gasteiger partial charge in [0.1, 0.15) is 0 Å². The van der Waals surface area contributed by atoms with Gasteiger partial charge < -0.3 is 14.8 Å². The zero-order valence-electron chi connectivity index (χ0n) is 10.7. The second-order valence-corrected chi connectivity index (χ2v) is 3.86. The molecule has 0 aromatic heterocycles. The van der Waals surface area contributed by atoms with Gasteiger partial charge in [-0.3, -0.25) is 4.79 Å². The molecule has 19 heavy (non-hydrogen) atoms. The third-order valence-electron chi connectivity index (χ3n) is 2.48. The van der Waals surface area contributed by atoms with Crippen LogP contribution in [0.25, 0.3) is 0 Å². The Morgan fingerprint density at radius 2 is 1.63 bits per heavy atom. The van der Waals surface area contributed by atoms with Crippen LogP contribution in [-0.2, 0) is 9.47 Å². The Morgan fingerprint density at radius 1 is 1.16 bits per heavy atom. The molecule has 0 radical (unpaired) electrons. The Balaban J connectivity index is 2.84. The second-order valence-electron chi connectivity index (χ2n) is 3.86. The van der Waals surface area contributed by atoms with E-state index in [-0.39, 0.29) is 5.56 Å². The fourth-order valence-electron chi connectivity index (χ4n) is 1.55. The van der Waals surface area contributed by atoms with E-state index < -0.39 is 35.7 Å². The third kappa shape index (κ3) is 3.68. The Morgan fingerprint density at radius 3 is 2.05 bits per heavy atom. The first-order chi connectivity index (χ1) is 8.90. The van der Waals surface area contributed by atoms with Gasteiger partial charge in [-0.2, -0.15) is 0 Å². The van der Waals surface area contributed by atoms with E-state index in [1.165, 1.54) is 14.2 Å². The highest BCUT2D eigenvalue weighted by Crippen LogP contribution is 2.14. The smallest absolute Gasteiger partial charge is 0.251 e. The van der Waals surface area contributed by atoms with Crippen molar-refractivity contribution >= 4 is 5.91 Å². The zero-order valence-corrected chi connectivity index (χ0v) is 10.7. The van der Waals surface area contributed by atoms with Crippen LogP contribution in [0.4, 0.5) is 13.2 Å². The van der Waals surface area contributed by atoms with Crippen LogP contribution in [0, 0.1) is 17.5 Å². The van der Waals surface area contributed by atoms with Crippen molar-refractivity contribution in [2.45, 2.75) is 19.3 Å². The van der Waals surface area contributed by atoms with Crippen molar-refractivity contribution in [3.63, 3.8) is 0 Å². The van der Waals surface area contributed by atoms with Crippen molar-refractivity contribution in [2.24, 2.45) is 0 Å². The summed E-state index contributed by atoms with van der Waals surface area (Å²) in [6.45, 7) is 1.59. The second kappa shape index (κ2) is 6.53. The predicted molar refractivity (Wildman–Crippen MR) is 61.1 cm³/mol. The van der Waals surface area contributed by atoms with E-state index in [2.05, 4.69) is 5.32 Å². The van der Waals surface area contributed by atoms with Crippen molar-refractivity contribution in [1.82, 2.24) is 5.32 Å². The molecule has 0 saturated carbocycles. The van der Waals surface area contributed by atoms with Crippen LogP contribution in [0.3, 0.4) is 0 Å². The number of hydrogen-bond acceptors (Lipinski definition) is 3. The fourth-order valence-corrected chi connectivity index (χ4v) is 1.55. The van der Waals surface area contributed by atoms with Gasteiger partial charge in [0.05, 0.1) is 6.04 Å². The van der Waals surface area contributed by atoms with Crippen molar-refractivity contribution in [3.8, 4) is 0 Å². The van der Waals surface area contributed by atoms with Crippen LogP contribution in [-0.4, -0.2) is 32.5 Å². The van der Waals surface area contributed by atoms with Gasteiger partial charge in [0.15, 0.2) is 23.7 Å². The lowest BCUT2D eigenvalue weighted by atomic mass is 10.1. The Labute approximate surface area is 108 Å². The molecule has 4 nitrogen and oxygen atoms in total. The summed E-state index contributed by atoms with van der Waals surface area (Å²) in [4.78, 5) is 11.7. The first-order valence-electron chi connectivity index (χ1n) is 5.41. The van der Waals surface area contributed by atoms with Crippen molar-refractivity contribution in [2.75, 3.05) is 14.2 Å².